The van der Waals surface area contributed by atoms with Crippen molar-refractivity contribution in [3.05, 3.63) is 29.8 Å². The van der Waals surface area contributed by atoms with Crippen molar-refractivity contribution in [1.29, 1.82) is 0 Å². The third kappa shape index (κ3) is 4.73. The minimum atomic E-state index is -0.468. The fourth-order valence-corrected chi connectivity index (χ4v) is 2.81. The number of carbonyl (C=O) groups is 1. The van der Waals surface area contributed by atoms with Gasteiger partial charge in [0.2, 0.25) is 0 Å². The lowest BCUT2D eigenvalue weighted by Gasteiger charge is -2.33. The molecule has 1 N–H and O–H groups in total. The summed E-state index contributed by atoms with van der Waals surface area (Å²) in [7, 11) is 0. The molecule has 0 aromatic heterocycles. The number of esters is 1. The van der Waals surface area contributed by atoms with E-state index >= 15 is 0 Å². The van der Waals surface area contributed by atoms with Crippen LogP contribution in [0.25, 0.3) is 0 Å². The van der Waals surface area contributed by atoms with Crippen LogP contribution in [0.4, 0.5) is 5.69 Å². The van der Waals surface area contributed by atoms with E-state index in [1.165, 1.54) is 0 Å². The summed E-state index contributed by atoms with van der Waals surface area (Å²) in [6.45, 7) is 7.92. The molecule has 0 atom stereocenters. The first-order valence-corrected chi connectivity index (χ1v) is 8.08. The molecule has 1 aromatic rings. The van der Waals surface area contributed by atoms with Gasteiger partial charge in [0.25, 0.3) is 0 Å². The van der Waals surface area contributed by atoms with Gasteiger partial charge in [0.05, 0.1) is 5.56 Å². The second-order valence-corrected chi connectivity index (χ2v) is 6.99. The van der Waals surface area contributed by atoms with E-state index in [9.17, 15) is 4.79 Å². The minimum Gasteiger partial charge on any atom is -0.456 e. The fraction of sp³-hybridized carbons (Fsp3) is 0.611. The van der Waals surface area contributed by atoms with Crippen molar-refractivity contribution in [2.45, 2.75) is 45.6 Å². The molecular formula is C18H27NO3. The Hall–Kier alpha value is -1.55. The zero-order valence-corrected chi connectivity index (χ0v) is 13.8. The molecule has 0 bridgehead atoms. The fourth-order valence-electron chi connectivity index (χ4n) is 2.81. The third-order valence-corrected chi connectivity index (χ3v) is 4.02. The first kappa shape index (κ1) is 16.8. The summed E-state index contributed by atoms with van der Waals surface area (Å²) in [5, 5.41) is 9.01. The summed E-state index contributed by atoms with van der Waals surface area (Å²) in [4.78, 5) is 14.3. The summed E-state index contributed by atoms with van der Waals surface area (Å²) in [5.74, 6) is 0.364. The molecule has 1 aliphatic rings. The topological polar surface area (TPSA) is 49.8 Å². The van der Waals surface area contributed by atoms with Gasteiger partial charge in [-0.15, -0.1) is 0 Å². The van der Waals surface area contributed by atoms with Crippen LogP contribution in [-0.4, -0.2) is 36.4 Å². The SMILES string of the molecule is CC(C)(C)OC(=O)c1ccc(N2CCC(CCO)CC2)cc1. The Labute approximate surface area is 133 Å². The number of rotatable bonds is 4. The van der Waals surface area contributed by atoms with Gasteiger partial charge in [-0.3, -0.25) is 0 Å². The number of anilines is 1. The summed E-state index contributed by atoms with van der Waals surface area (Å²) in [5.41, 5.74) is 1.27. The van der Waals surface area contributed by atoms with Crippen molar-refractivity contribution < 1.29 is 14.6 Å². The van der Waals surface area contributed by atoms with Crippen molar-refractivity contribution in [1.82, 2.24) is 0 Å². The lowest BCUT2D eigenvalue weighted by molar-refractivity contribution is 0.00695. The van der Waals surface area contributed by atoms with Crippen molar-refractivity contribution in [2.24, 2.45) is 5.92 Å². The minimum absolute atomic E-state index is 0.277. The molecule has 0 radical (unpaired) electrons. The Kier molecular flexibility index (Phi) is 5.46. The maximum atomic E-state index is 12.0. The normalized spacial score (nSPS) is 16.6. The number of hydrogen-bond donors (Lipinski definition) is 1. The highest BCUT2D eigenvalue weighted by Gasteiger charge is 2.20. The maximum absolute atomic E-state index is 12.0. The van der Waals surface area contributed by atoms with Crippen LogP contribution in [0.3, 0.4) is 0 Å². The van der Waals surface area contributed by atoms with Gasteiger partial charge in [0.15, 0.2) is 0 Å². The smallest absolute Gasteiger partial charge is 0.338 e. The Morgan fingerprint density at radius 1 is 1.23 bits per heavy atom. The van der Waals surface area contributed by atoms with Gasteiger partial charge < -0.3 is 14.7 Å². The molecule has 122 valence electrons. The van der Waals surface area contributed by atoms with Gasteiger partial charge in [-0.25, -0.2) is 4.79 Å². The van der Waals surface area contributed by atoms with Crippen molar-refractivity contribution in [2.75, 3.05) is 24.6 Å². The summed E-state index contributed by atoms with van der Waals surface area (Å²) in [6, 6.07) is 7.66. The number of nitrogens with zero attached hydrogens (tertiary/aromatic N) is 1. The molecule has 0 amide bonds. The lowest BCUT2D eigenvalue weighted by atomic mass is 9.93. The van der Waals surface area contributed by atoms with Gasteiger partial charge in [-0.2, -0.15) is 0 Å². The number of aliphatic hydroxyl groups is 1. The standard InChI is InChI=1S/C18H27NO3/c1-18(2,3)22-17(21)15-4-6-16(7-5-15)19-11-8-14(9-12-19)10-13-20/h4-7,14,20H,8-13H2,1-3H3. The van der Waals surface area contributed by atoms with Gasteiger partial charge in [0.1, 0.15) is 5.60 Å². The Morgan fingerprint density at radius 2 is 1.82 bits per heavy atom. The van der Waals surface area contributed by atoms with Crippen LogP contribution >= 0.6 is 0 Å². The lowest BCUT2D eigenvalue weighted by Crippen LogP contribution is -2.33. The number of hydrogen-bond acceptors (Lipinski definition) is 4. The molecule has 0 unspecified atom stereocenters. The van der Waals surface area contributed by atoms with Crippen molar-refractivity contribution in [3.8, 4) is 0 Å². The van der Waals surface area contributed by atoms with Gasteiger partial charge in [-0.05, 0) is 70.2 Å². The second kappa shape index (κ2) is 7.14. The Morgan fingerprint density at radius 3 is 2.32 bits per heavy atom. The largest absolute Gasteiger partial charge is 0.456 e. The third-order valence-electron chi connectivity index (χ3n) is 4.02. The van der Waals surface area contributed by atoms with E-state index in [0.29, 0.717) is 11.5 Å². The van der Waals surface area contributed by atoms with Gasteiger partial charge in [-0.1, -0.05) is 0 Å². The summed E-state index contributed by atoms with van der Waals surface area (Å²) in [6.07, 6.45) is 3.15. The van der Waals surface area contributed by atoms with Crippen LogP contribution in [0, 0.1) is 5.92 Å². The number of piperidine rings is 1. The van der Waals surface area contributed by atoms with Crippen molar-refractivity contribution in [3.63, 3.8) is 0 Å². The van der Waals surface area contributed by atoms with Gasteiger partial charge >= 0.3 is 5.97 Å². The molecule has 1 aromatic carbocycles. The van der Waals surface area contributed by atoms with Crippen LogP contribution in [-0.2, 0) is 4.74 Å². The molecule has 1 saturated heterocycles. The maximum Gasteiger partial charge on any atom is 0.338 e. The van der Waals surface area contributed by atoms with Crippen molar-refractivity contribution >= 4 is 11.7 Å². The zero-order valence-electron chi connectivity index (χ0n) is 13.8. The van der Waals surface area contributed by atoms with E-state index < -0.39 is 5.60 Å². The molecule has 2 rings (SSSR count). The van der Waals surface area contributed by atoms with E-state index in [0.717, 1.165) is 38.0 Å². The summed E-state index contributed by atoms with van der Waals surface area (Å²) >= 11 is 0. The number of benzene rings is 1. The number of carbonyl (C=O) groups excluding carboxylic acids is 1. The molecular weight excluding hydrogens is 278 g/mol. The quantitative estimate of drug-likeness (QED) is 0.868. The number of aliphatic hydroxyl groups excluding tert-OH is 1. The Bertz CT molecular complexity index is 482. The predicted molar refractivity (Wildman–Crippen MR) is 88.3 cm³/mol. The molecule has 0 saturated carbocycles. The highest BCUT2D eigenvalue weighted by atomic mass is 16.6. The highest BCUT2D eigenvalue weighted by Crippen LogP contribution is 2.25. The summed E-state index contributed by atoms with van der Waals surface area (Å²) < 4.78 is 5.37. The van der Waals surface area contributed by atoms with Crippen LogP contribution in [0.5, 0.6) is 0 Å². The van der Waals surface area contributed by atoms with Crippen LogP contribution in [0.2, 0.25) is 0 Å². The molecule has 0 aliphatic carbocycles. The van der Waals surface area contributed by atoms with Gasteiger partial charge in [0, 0.05) is 25.4 Å². The first-order chi connectivity index (χ1) is 10.4. The monoisotopic (exact) mass is 305 g/mol. The van der Waals surface area contributed by atoms with E-state index in [2.05, 4.69) is 4.90 Å². The van der Waals surface area contributed by atoms with E-state index in [-0.39, 0.29) is 12.6 Å². The molecule has 4 nitrogen and oxygen atoms in total. The van der Waals surface area contributed by atoms with E-state index in [1.807, 2.05) is 45.0 Å². The zero-order chi connectivity index (χ0) is 16.2. The molecule has 1 heterocycles. The molecule has 0 spiro atoms. The van der Waals surface area contributed by atoms with E-state index in [1.54, 1.807) is 0 Å². The average molecular weight is 305 g/mol. The van der Waals surface area contributed by atoms with Crippen LogP contribution in [0.15, 0.2) is 24.3 Å². The number of ether oxygens (including phenoxy) is 1. The first-order valence-electron chi connectivity index (χ1n) is 8.08. The van der Waals surface area contributed by atoms with E-state index in [4.69, 9.17) is 9.84 Å². The molecule has 4 heteroatoms. The average Bonchev–Trinajstić information content (AvgIpc) is 2.47. The molecule has 1 fully saturated rings. The van der Waals surface area contributed by atoms with Crippen LogP contribution < -0.4 is 4.90 Å². The molecule has 22 heavy (non-hydrogen) atoms. The predicted octanol–water partition coefficient (Wildman–Crippen LogP) is 3.24. The molecule has 1 aliphatic heterocycles. The Balaban J connectivity index is 1.94. The highest BCUT2D eigenvalue weighted by molar-refractivity contribution is 5.90. The second-order valence-electron chi connectivity index (χ2n) is 6.99. The van der Waals surface area contributed by atoms with Crippen LogP contribution in [0.1, 0.15) is 50.4 Å².